The van der Waals surface area contributed by atoms with Crippen molar-refractivity contribution < 1.29 is 0 Å². The maximum Gasteiger partial charge on any atom is 0.141 e. The third-order valence-corrected chi connectivity index (χ3v) is 4.07. The van der Waals surface area contributed by atoms with E-state index < -0.39 is 0 Å². The fourth-order valence-corrected chi connectivity index (χ4v) is 2.60. The smallest absolute Gasteiger partial charge is 0.141 e. The maximum atomic E-state index is 4.42. The highest BCUT2D eigenvalue weighted by Gasteiger charge is 2.08. The van der Waals surface area contributed by atoms with Gasteiger partial charge in [-0.1, -0.05) is 60.7 Å². The van der Waals surface area contributed by atoms with Gasteiger partial charge in [0.1, 0.15) is 17.1 Å². The van der Waals surface area contributed by atoms with E-state index in [1.54, 1.807) is 0 Å². The van der Waals surface area contributed by atoms with Gasteiger partial charge in [-0.25, -0.2) is 0 Å². The SMILES string of the molecule is c1ccc(N=Nc2cccc(N=Nc3ccccc3)c2N=Nc2ccccc2)cc1. The van der Waals surface area contributed by atoms with Crippen LogP contribution in [0.2, 0.25) is 0 Å². The second-order valence-electron chi connectivity index (χ2n) is 6.25. The molecule has 0 atom stereocenters. The van der Waals surface area contributed by atoms with E-state index in [0.717, 1.165) is 17.1 Å². The normalized spacial score (nSPS) is 11.6. The first-order valence-electron chi connectivity index (χ1n) is 9.42. The number of rotatable bonds is 6. The van der Waals surface area contributed by atoms with E-state index in [1.165, 1.54) is 0 Å². The van der Waals surface area contributed by atoms with Crippen molar-refractivity contribution in [3.05, 3.63) is 109 Å². The van der Waals surface area contributed by atoms with Gasteiger partial charge in [0.25, 0.3) is 0 Å². The van der Waals surface area contributed by atoms with Gasteiger partial charge in [-0.15, -0.1) is 15.3 Å². The van der Waals surface area contributed by atoms with Gasteiger partial charge >= 0.3 is 0 Å². The first-order chi connectivity index (χ1) is 14.9. The summed E-state index contributed by atoms with van der Waals surface area (Å²) < 4.78 is 0. The van der Waals surface area contributed by atoms with Gasteiger partial charge in [0.05, 0.1) is 17.1 Å². The van der Waals surface area contributed by atoms with E-state index in [1.807, 2.05) is 109 Å². The molecule has 6 heteroatoms. The van der Waals surface area contributed by atoms with E-state index in [9.17, 15) is 0 Å². The maximum absolute atomic E-state index is 4.42. The van der Waals surface area contributed by atoms with Crippen LogP contribution in [-0.4, -0.2) is 0 Å². The standard InChI is InChI=1S/C24H18N6/c1-4-11-19(12-5-1)25-28-22-17-10-18-23(29-26-20-13-6-2-7-14-20)24(22)30-27-21-15-8-3-9-16-21/h1-18H. The van der Waals surface area contributed by atoms with Crippen LogP contribution in [0.15, 0.2) is 140 Å². The Hall–Kier alpha value is -4.32. The molecule has 0 bridgehead atoms. The summed E-state index contributed by atoms with van der Waals surface area (Å²) in [5.74, 6) is 0. The molecule has 0 saturated heterocycles. The molecular weight excluding hydrogens is 372 g/mol. The summed E-state index contributed by atoms with van der Waals surface area (Å²) in [6.07, 6.45) is 0. The topological polar surface area (TPSA) is 74.2 Å². The first-order valence-corrected chi connectivity index (χ1v) is 9.42. The summed E-state index contributed by atoms with van der Waals surface area (Å²) in [6.45, 7) is 0. The van der Waals surface area contributed by atoms with Crippen molar-refractivity contribution in [3.63, 3.8) is 0 Å². The molecule has 4 rings (SSSR count). The zero-order valence-corrected chi connectivity index (χ0v) is 16.1. The minimum Gasteiger partial charge on any atom is -0.150 e. The van der Waals surface area contributed by atoms with Crippen LogP contribution in [0.4, 0.5) is 34.1 Å². The molecule has 0 amide bonds. The number of hydrogen-bond acceptors (Lipinski definition) is 6. The minimum absolute atomic E-state index is 0.501. The van der Waals surface area contributed by atoms with E-state index in [0.29, 0.717) is 17.1 Å². The summed E-state index contributed by atoms with van der Waals surface area (Å²) in [5, 5.41) is 26.1. The van der Waals surface area contributed by atoms with Gasteiger partial charge < -0.3 is 0 Å². The van der Waals surface area contributed by atoms with Crippen LogP contribution in [0, 0.1) is 0 Å². The average molecular weight is 390 g/mol. The van der Waals surface area contributed by atoms with Crippen molar-refractivity contribution in [1.29, 1.82) is 0 Å². The lowest BCUT2D eigenvalue weighted by Gasteiger charge is -2.02. The van der Waals surface area contributed by atoms with Crippen LogP contribution in [0.5, 0.6) is 0 Å². The molecule has 30 heavy (non-hydrogen) atoms. The van der Waals surface area contributed by atoms with Crippen LogP contribution in [0.3, 0.4) is 0 Å². The van der Waals surface area contributed by atoms with Crippen molar-refractivity contribution >= 4 is 34.1 Å². The van der Waals surface area contributed by atoms with Crippen LogP contribution in [0.25, 0.3) is 0 Å². The molecule has 0 aliphatic rings. The lowest BCUT2D eigenvalue weighted by Crippen LogP contribution is -1.72. The Morgan fingerprint density at radius 3 is 1.07 bits per heavy atom. The summed E-state index contributed by atoms with van der Waals surface area (Å²) in [4.78, 5) is 0. The zero-order chi connectivity index (χ0) is 20.4. The molecule has 0 N–H and O–H groups in total. The molecule has 6 nitrogen and oxygen atoms in total. The third kappa shape index (κ3) is 5.14. The van der Waals surface area contributed by atoms with E-state index in [2.05, 4.69) is 30.7 Å². The van der Waals surface area contributed by atoms with Gasteiger partial charge in [0, 0.05) is 0 Å². The van der Waals surface area contributed by atoms with E-state index in [4.69, 9.17) is 0 Å². The van der Waals surface area contributed by atoms with Crippen molar-refractivity contribution in [3.8, 4) is 0 Å². The Balaban J connectivity index is 1.72. The molecule has 0 heterocycles. The molecule has 0 aliphatic heterocycles. The number of azo groups is 3. The fraction of sp³-hybridized carbons (Fsp3) is 0. The molecule has 0 fully saturated rings. The molecule has 0 unspecified atom stereocenters. The second-order valence-corrected chi connectivity index (χ2v) is 6.25. The van der Waals surface area contributed by atoms with E-state index in [-0.39, 0.29) is 0 Å². The third-order valence-electron chi connectivity index (χ3n) is 4.07. The largest absolute Gasteiger partial charge is 0.150 e. The quantitative estimate of drug-likeness (QED) is 0.295. The van der Waals surface area contributed by atoms with Crippen LogP contribution >= 0.6 is 0 Å². The Bertz CT molecular complexity index is 1100. The van der Waals surface area contributed by atoms with Crippen molar-refractivity contribution in [1.82, 2.24) is 0 Å². The summed E-state index contributed by atoms with van der Waals surface area (Å²) in [6, 6.07) is 34.0. The highest BCUT2D eigenvalue weighted by atomic mass is 15.2. The molecule has 4 aromatic carbocycles. The van der Waals surface area contributed by atoms with Gasteiger partial charge in [-0.05, 0) is 48.5 Å². The summed E-state index contributed by atoms with van der Waals surface area (Å²) in [7, 11) is 0. The van der Waals surface area contributed by atoms with Gasteiger partial charge in [0.2, 0.25) is 0 Å². The number of benzene rings is 4. The van der Waals surface area contributed by atoms with Crippen LogP contribution < -0.4 is 0 Å². The van der Waals surface area contributed by atoms with E-state index >= 15 is 0 Å². The fourth-order valence-electron chi connectivity index (χ4n) is 2.60. The Morgan fingerprint density at radius 1 is 0.300 bits per heavy atom. The molecular formula is C24H18N6. The highest BCUT2D eigenvalue weighted by Crippen LogP contribution is 2.40. The monoisotopic (exact) mass is 390 g/mol. The van der Waals surface area contributed by atoms with Crippen molar-refractivity contribution in [2.24, 2.45) is 30.7 Å². The predicted molar refractivity (Wildman–Crippen MR) is 118 cm³/mol. The zero-order valence-electron chi connectivity index (χ0n) is 16.1. The highest BCUT2D eigenvalue weighted by molar-refractivity contribution is 5.75. The molecule has 0 radical (unpaired) electrons. The Labute approximate surface area is 174 Å². The molecule has 0 spiro atoms. The van der Waals surface area contributed by atoms with Crippen LogP contribution in [-0.2, 0) is 0 Å². The molecule has 144 valence electrons. The lowest BCUT2D eigenvalue weighted by atomic mass is 10.2. The summed E-state index contributed by atoms with van der Waals surface area (Å²) in [5.41, 5.74) is 3.85. The average Bonchev–Trinajstić information content (AvgIpc) is 2.82. The van der Waals surface area contributed by atoms with Crippen molar-refractivity contribution in [2.75, 3.05) is 0 Å². The number of nitrogens with zero attached hydrogens (tertiary/aromatic N) is 6. The summed E-state index contributed by atoms with van der Waals surface area (Å²) >= 11 is 0. The van der Waals surface area contributed by atoms with Gasteiger partial charge in [-0.3, -0.25) is 0 Å². The molecule has 4 aromatic rings. The van der Waals surface area contributed by atoms with Gasteiger partial charge in [-0.2, -0.15) is 15.3 Å². The first kappa shape index (κ1) is 19.0. The van der Waals surface area contributed by atoms with Gasteiger partial charge in [0.15, 0.2) is 0 Å². The minimum atomic E-state index is 0.501. The second kappa shape index (κ2) is 9.75. The van der Waals surface area contributed by atoms with Crippen LogP contribution in [0.1, 0.15) is 0 Å². The molecule has 0 aliphatic carbocycles. The Morgan fingerprint density at radius 2 is 0.667 bits per heavy atom. The molecule has 0 aromatic heterocycles. The van der Waals surface area contributed by atoms with Crippen molar-refractivity contribution in [2.45, 2.75) is 0 Å². The Kier molecular flexibility index (Phi) is 6.18. The number of hydrogen-bond donors (Lipinski definition) is 0. The predicted octanol–water partition coefficient (Wildman–Crippen LogP) is 8.93. The lowest BCUT2D eigenvalue weighted by molar-refractivity contribution is 1.16. The molecule has 0 saturated carbocycles.